The van der Waals surface area contributed by atoms with Crippen LogP contribution in [-0.4, -0.2) is 55.0 Å². The van der Waals surface area contributed by atoms with Crippen molar-refractivity contribution in [2.45, 2.75) is 64.0 Å². The van der Waals surface area contributed by atoms with E-state index in [9.17, 15) is 4.79 Å². The Labute approximate surface area is 142 Å². The molecule has 2 unspecified atom stereocenters. The predicted molar refractivity (Wildman–Crippen MR) is 94.5 cm³/mol. The molecule has 128 valence electrons. The molecule has 0 aromatic carbocycles. The monoisotopic (exact) mass is 341 g/mol. The lowest BCUT2D eigenvalue weighted by Gasteiger charge is -2.39. The Morgan fingerprint density at radius 3 is 2.43 bits per heavy atom. The number of rotatable bonds is 7. The molecular weight excluding hydrogens is 309 g/mol. The number of carbonyl (C=O) groups excluding carboxylic acids is 1. The molecule has 1 rings (SSSR count). The van der Waals surface area contributed by atoms with E-state index in [4.69, 9.17) is 5.73 Å². The summed E-state index contributed by atoms with van der Waals surface area (Å²) in [5, 5.41) is 0. The normalized spacial score (nSPS) is 22.1. The standard InChI is InChI=1S/C15H31N3O.2ClH/c1-13-12-14(9-11-17(13)2)18(3)15(19)8-6-4-5-7-10-16;;/h13-14H,4-12,16H2,1-3H3;2*1H. The highest BCUT2D eigenvalue weighted by atomic mass is 35.5. The number of nitrogens with zero attached hydrogens (tertiary/aromatic N) is 2. The largest absolute Gasteiger partial charge is 0.343 e. The molecule has 0 aromatic rings. The molecule has 0 bridgehead atoms. The van der Waals surface area contributed by atoms with Gasteiger partial charge in [-0.05, 0) is 46.2 Å². The molecule has 6 heteroatoms. The summed E-state index contributed by atoms with van der Waals surface area (Å²) in [5.74, 6) is 0.314. The van der Waals surface area contributed by atoms with Gasteiger partial charge in [-0.25, -0.2) is 0 Å². The van der Waals surface area contributed by atoms with Crippen LogP contribution in [0.4, 0.5) is 0 Å². The van der Waals surface area contributed by atoms with Crippen LogP contribution in [0, 0.1) is 0 Å². The third-order valence-corrected chi connectivity index (χ3v) is 4.47. The van der Waals surface area contributed by atoms with E-state index in [0.29, 0.717) is 24.4 Å². The number of hydrogen-bond acceptors (Lipinski definition) is 3. The van der Waals surface area contributed by atoms with Crippen molar-refractivity contribution >= 4 is 30.7 Å². The summed E-state index contributed by atoms with van der Waals surface area (Å²) in [7, 11) is 4.14. The van der Waals surface area contributed by atoms with Gasteiger partial charge in [-0.1, -0.05) is 12.8 Å². The first kappa shape index (κ1) is 23.2. The van der Waals surface area contributed by atoms with Gasteiger partial charge in [-0.2, -0.15) is 0 Å². The maximum Gasteiger partial charge on any atom is 0.222 e. The Balaban J connectivity index is 0. The number of hydrogen-bond donors (Lipinski definition) is 1. The van der Waals surface area contributed by atoms with E-state index in [-0.39, 0.29) is 24.8 Å². The molecule has 2 N–H and O–H groups in total. The second-order valence-corrected chi connectivity index (χ2v) is 5.97. The molecule has 0 spiro atoms. The van der Waals surface area contributed by atoms with Crippen LogP contribution in [0.5, 0.6) is 0 Å². The summed E-state index contributed by atoms with van der Waals surface area (Å²) in [6.45, 7) is 4.11. The third-order valence-electron chi connectivity index (χ3n) is 4.47. The molecule has 1 saturated heterocycles. The number of carbonyl (C=O) groups is 1. The lowest BCUT2D eigenvalue weighted by molar-refractivity contribution is -0.133. The van der Waals surface area contributed by atoms with Crippen molar-refractivity contribution in [2.24, 2.45) is 5.73 Å². The first-order valence-corrected chi connectivity index (χ1v) is 7.72. The van der Waals surface area contributed by atoms with Gasteiger partial charge in [0, 0.05) is 32.1 Å². The number of amides is 1. The highest BCUT2D eigenvalue weighted by Gasteiger charge is 2.27. The van der Waals surface area contributed by atoms with Crippen molar-refractivity contribution in [2.75, 3.05) is 27.2 Å². The lowest BCUT2D eigenvalue weighted by Crippen LogP contribution is -2.48. The summed E-state index contributed by atoms with van der Waals surface area (Å²) < 4.78 is 0. The third kappa shape index (κ3) is 8.24. The summed E-state index contributed by atoms with van der Waals surface area (Å²) in [6, 6.07) is 1.02. The zero-order valence-corrected chi connectivity index (χ0v) is 15.3. The van der Waals surface area contributed by atoms with Gasteiger partial charge in [-0.3, -0.25) is 4.79 Å². The van der Waals surface area contributed by atoms with Crippen LogP contribution in [0.1, 0.15) is 51.9 Å². The first-order chi connectivity index (χ1) is 9.06. The smallest absolute Gasteiger partial charge is 0.222 e. The summed E-state index contributed by atoms with van der Waals surface area (Å²) in [5.41, 5.74) is 5.46. The van der Waals surface area contributed by atoms with Crippen molar-refractivity contribution < 1.29 is 4.79 Å². The number of likely N-dealkylation sites (tertiary alicyclic amines) is 1. The van der Waals surface area contributed by atoms with Gasteiger partial charge in [0.05, 0.1) is 0 Å². The quantitative estimate of drug-likeness (QED) is 0.724. The Morgan fingerprint density at radius 2 is 1.86 bits per heavy atom. The van der Waals surface area contributed by atoms with Gasteiger partial charge in [-0.15, -0.1) is 24.8 Å². The molecule has 4 nitrogen and oxygen atoms in total. The predicted octanol–water partition coefficient (Wildman–Crippen LogP) is 2.68. The van der Waals surface area contributed by atoms with Gasteiger partial charge in [0.15, 0.2) is 0 Å². The number of unbranched alkanes of at least 4 members (excludes halogenated alkanes) is 3. The van der Waals surface area contributed by atoms with Gasteiger partial charge in [0.25, 0.3) is 0 Å². The fraction of sp³-hybridized carbons (Fsp3) is 0.933. The maximum absolute atomic E-state index is 12.2. The molecule has 0 aliphatic carbocycles. The molecule has 1 aliphatic heterocycles. The number of nitrogens with two attached hydrogens (primary N) is 1. The topological polar surface area (TPSA) is 49.6 Å². The highest BCUT2D eigenvalue weighted by Crippen LogP contribution is 2.20. The zero-order valence-electron chi connectivity index (χ0n) is 13.7. The molecule has 1 fully saturated rings. The fourth-order valence-electron chi connectivity index (χ4n) is 2.77. The zero-order chi connectivity index (χ0) is 14.3. The summed E-state index contributed by atoms with van der Waals surface area (Å²) in [4.78, 5) is 16.5. The SMILES string of the molecule is CC1CC(N(C)C(=O)CCCCCCN)CCN1C.Cl.Cl. The fourth-order valence-corrected chi connectivity index (χ4v) is 2.77. The van der Waals surface area contributed by atoms with Crippen molar-refractivity contribution in [3.05, 3.63) is 0 Å². The van der Waals surface area contributed by atoms with Crippen LogP contribution >= 0.6 is 24.8 Å². The second kappa shape index (κ2) is 12.5. The molecule has 2 atom stereocenters. The van der Waals surface area contributed by atoms with Gasteiger partial charge in [0.1, 0.15) is 0 Å². The average molecular weight is 342 g/mol. The van der Waals surface area contributed by atoms with E-state index >= 15 is 0 Å². The van der Waals surface area contributed by atoms with Gasteiger partial charge in [0.2, 0.25) is 5.91 Å². The maximum atomic E-state index is 12.2. The van der Waals surface area contributed by atoms with Crippen molar-refractivity contribution in [3.63, 3.8) is 0 Å². The van der Waals surface area contributed by atoms with E-state index in [1.165, 1.54) is 0 Å². The van der Waals surface area contributed by atoms with Crippen LogP contribution < -0.4 is 5.73 Å². The summed E-state index contributed by atoms with van der Waals surface area (Å²) >= 11 is 0. The van der Waals surface area contributed by atoms with E-state index in [1.807, 2.05) is 11.9 Å². The van der Waals surface area contributed by atoms with Gasteiger partial charge >= 0.3 is 0 Å². The first-order valence-electron chi connectivity index (χ1n) is 7.72. The molecular formula is C15H33Cl2N3O. The van der Waals surface area contributed by atoms with Crippen molar-refractivity contribution in [3.8, 4) is 0 Å². The average Bonchev–Trinajstić information content (AvgIpc) is 2.40. The molecule has 0 aromatic heterocycles. The van der Waals surface area contributed by atoms with Gasteiger partial charge < -0.3 is 15.5 Å². The minimum absolute atomic E-state index is 0. The van der Waals surface area contributed by atoms with Crippen LogP contribution in [-0.2, 0) is 4.79 Å². The van der Waals surface area contributed by atoms with E-state index in [0.717, 1.165) is 51.6 Å². The van der Waals surface area contributed by atoms with Crippen LogP contribution in [0.25, 0.3) is 0 Å². The molecule has 0 saturated carbocycles. The minimum Gasteiger partial charge on any atom is -0.343 e. The molecule has 1 amide bonds. The number of halogens is 2. The van der Waals surface area contributed by atoms with Crippen LogP contribution in [0.2, 0.25) is 0 Å². The Hall–Kier alpha value is -0.0300. The molecule has 21 heavy (non-hydrogen) atoms. The molecule has 1 aliphatic rings. The van der Waals surface area contributed by atoms with E-state index in [1.54, 1.807) is 0 Å². The van der Waals surface area contributed by atoms with Crippen molar-refractivity contribution in [1.29, 1.82) is 0 Å². The minimum atomic E-state index is 0. The highest BCUT2D eigenvalue weighted by molar-refractivity contribution is 5.85. The Morgan fingerprint density at radius 1 is 1.24 bits per heavy atom. The van der Waals surface area contributed by atoms with Crippen molar-refractivity contribution in [1.82, 2.24) is 9.80 Å². The number of piperidine rings is 1. The van der Waals surface area contributed by atoms with E-state index < -0.39 is 0 Å². The molecule has 1 heterocycles. The van der Waals surface area contributed by atoms with Crippen LogP contribution in [0.15, 0.2) is 0 Å². The second-order valence-electron chi connectivity index (χ2n) is 5.97. The molecule has 0 radical (unpaired) electrons. The van der Waals surface area contributed by atoms with E-state index in [2.05, 4.69) is 18.9 Å². The lowest BCUT2D eigenvalue weighted by atomic mass is 9.97. The van der Waals surface area contributed by atoms with Crippen LogP contribution in [0.3, 0.4) is 0 Å². The Kier molecular flexibility index (Phi) is 13.8. The Bertz CT molecular complexity index is 280. The summed E-state index contributed by atoms with van der Waals surface area (Å²) in [6.07, 6.45) is 7.27.